The Labute approximate surface area is 78.7 Å². The predicted molar refractivity (Wildman–Crippen MR) is 50.0 cm³/mol. The maximum absolute atomic E-state index is 10.9. The van der Waals surface area contributed by atoms with E-state index in [1.54, 1.807) is 13.0 Å². The highest BCUT2D eigenvalue weighted by Gasteiger charge is 2.16. The average molecular weight is 192 g/mol. The Balaban J connectivity index is 2.93. The smallest absolute Gasteiger partial charge is 0.340 e. The number of nitrogens with zero attached hydrogens (tertiary/aromatic N) is 2. The summed E-state index contributed by atoms with van der Waals surface area (Å²) in [4.78, 5) is 10.9. The van der Waals surface area contributed by atoms with Crippen molar-refractivity contribution in [3.8, 4) is 0 Å². The number of hydrogen-bond acceptors (Lipinski definition) is 4. The lowest BCUT2D eigenvalue weighted by Crippen LogP contribution is -2.05. The average Bonchev–Trinajstić information content (AvgIpc) is 2.52. The Kier molecular flexibility index (Phi) is 1.63. The van der Waals surface area contributed by atoms with Gasteiger partial charge in [-0.1, -0.05) is 5.21 Å². The molecule has 0 radical (unpaired) electrons. The van der Waals surface area contributed by atoms with Gasteiger partial charge in [-0.25, -0.2) is 4.79 Å². The van der Waals surface area contributed by atoms with Crippen molar-refractivity contribution in [1.29, 1.82) is 0 Å². The third-order valence-electron chi connectivity index (χ3n) is 2.09. The van der Waals surface area contributed by atoms with Crippen LogP contribution >= 0.6 is 0 Å². The highest BCUT2D eigenvalue weighted by molar-refractivity contribution is 6.06. The Bertz CT molecular complexity index is 517. The molecule has 0 unspecified atom stereocenters. The largest absolute Gasteiger partial charge is 0.478 e. The van der Waals surface area contributed by atoms with Crippen LogP contribution in [-0.2, 0) is 0 Å². The number of nitrogens with one attached hydrogen (secondary N) is 1. The Morgan fingerprint density at radius 3 is 3.00 bits per heavy atom. The second-order valence-corrected chi connectivity index (χ2v) is 2.99. The number of aromatic nitrogens is 3. The molecule has 0 amide bonds. The fraction of sp³-hybridized carbons (Fsp3) is 0.125. The SMILES string of the molecule is Cc1cc2nn[nH]c2c(C(=O)O)c1N. The first kappa shape index (κ1) is 8.49. The van der Waals surface area contributed by atoms with E-state index in [1.165, 1.54) is 0 Å². The summed E-state index contributed by atoms with van der Waals surface area (Å²) in [6, 6.07) is 1.70. The second-order valence-electron chi connectivity index (χ2n) is 2.99. The van der Waals surface area contributed by atoms with Crippen LogP contribution in [0.3, 0.4) is 0 Å². The Morgan fingerprint density at radius 2 is 2.36 bits per heavy atom. The van der Waals surface area contributed by atoms with Gasteiger partial charge in [0.2, 0.25) is 0 Å². The summed E-state index contributed by atoms with van der Waals surface area (Å²) in [6.45, 7) is 1.73. The Hall–Kier alpha value is -2.11. The van der Waals surface area contributed by atoms with E-state index in [-0.39, 0.29) is 11.3 Å². The predicted octanol–water partition coefficient (Wildman–Crippen LogP) is 0.547. The number of hydrogen-bond donors (Lipinski definition) is 3. The van der Waals surface area contributed by atoms with Crippen LogP contribution in [0.5, 0.6) is 0 Å². The van der Waals surface area contributed by atoms with E-state index in [1.807, 2.05) is 0 Å². The molecule has 0 aliphatic rings. The fourth-order valence-corrected chi connectivity index (χ4v) is 1.36. The van der Waals surface area contributed by atoms with Gasteiger partial charge in [0.25, 0.3) is 0 Å². The summed E-state index contributed by atoms with van der Waals surface area (Å²) in [5.74, 6) is -1.08. The van der Waals surface area contributed by atoms with Crippen LogP contribution in [-0.4, -0.2) is 26.5 Å². The number of H-pyrrole nitrogens is 1. The van der Waals surface area contributed by atoms with Gasteiger partial charge in [0.15, 0.2) is 0 Å². The van der Waals surface area contributed by atoms with Crippen molar-refractivity contribution in [2.75, 3.05) is 5.73 Å². The molecule has 0 bridgehead atoms. The maximum Gasteiger partial charge on any atom is 0.340 e. The molecule has 0 saturated carbocycles. The molecule has 0 atom stereocenters. The summed E-state index contributed by atoms with van der Waals surface area (Å²) in [5.41, 5.74) is 7.49. The summed E-state index contributed by atoms with van der Waals surface area (Å²) in [7, 11) is 0. The van der Waals surface area contributed by atoms with Crippen LogP contribution < -0.4 is 5.73 Å². The number of aromatic carboxylic acids is 1. The molecule has 1 heterocycles. The molecule has 4 N–H and O–H groups in total. The van der Waals surface area contributed by atoms with Gasteiger partial charge in [0.1, 0.15) is 16.6 Å². The third kappa shape index (κ3) is 1.00. The number of aryl methyl sites for hydroxylation is 1. The molecule has 0 aliphatic carbocycles. The van der Waals surface area contributed by atoms with Crippen LogP contribution in [0.1, 0.15) is 15.9 Å². The molecule has 0 aliphatic heterocycles. The number of carbonyl (C=O) groups is 1. The van der Waals surface area contributed by atoms with E-state index in [4.69, 9.17) is 10.8 Å². The highest BCUT2D eigenvalue weighted by atomic mass is 16.4. The number of rotatable bonds is 1. The molecule has 6 nitrogen and oxygen atoms in total. The summed E-state index contributed by atoms with van der Waals surface area (Å²) in [5, 5.41) is 18.7. The molecule has 2 aromatic rings. The fourth-order valence-electron chi connectivity index (χ4n) is 1.36. The minimum Gasteiger partial charge on any atom is -0.478 e. The topological polar surface area (TPSA) is 105 Å². The van der Waals surface area contributed by atoms with E-state index < -0.39 is 5.97 Å². The van der Waals surface area contributed by atoms with E-state index in [0.717, 1.165) is 0 Å². The second kappa shape index (κ2) is 2.69. The van der Waals surface area contributed by atoms with E-state index in [0.29, 0.717) is 16.6 Å². The molecular formula is C8H8N4O2. The Morgan fingerprint density at radius 1 is 1.64 bits per heavy atom. The first-order valence-corrected chi connectivity index (χ1v) is 3.94. The molecular weight excluding hydrogens is 184 g/mol. The zero-order chi connectivity index (χ0) is 10.3. The van der Waals surface area contributed by atoms with Crippen molar-refractivity contribution >= 4 is 22.7 Å². The number of anilines is 1. The minimum absolute atomic E-state index is 0.0324. The van der Waals surface area contributed by atoms with Crippen molar-refractivity contribution in [1.82, 2.24) is 15.4 Å². The summed E-state index contributed by atoms with van der Waals surface area (Å²) >= 11 is 0. The first-order valence-electron chi connectivity index (χ1n) is 3.94. The minimum atomic E-state index is -1.08. The van der Waals surface area contributed by atoms with Crippen LogP contribution in [0, 0.1) is 6.92 Å². The van der Waals surface area contributed by atoms with Crippen LogP contribution in [0.2, 0.25) is 0 Å². The molecule has 1 aromatic carbocycles. The number of fused-ring (bicyclic) bond motifs is 1. The molecule has 1 aromatic heterocycles. The normalized spacial score (nSPS) is 10.6. The molecule has 0 spiro atoms. The standard InChI is InChI=1S/C8H8N4O2/c1-3-2-4-7(11-12-10-4)5(6(3)9)8(13)14/h2H,9H2,1H3,(H,13,14)(H,10,11,12). The number of aromatic amines is 1. The highest BCUT2D eigenvalue weighted by Crippen LogP contribution is 2.24. The lowest BCUT2D eigenvalue weighted by atomic mass is 10.1. The number of nitrogens with two attached hydrogens (primary N) is 1. The van der Waals surface area contributed by atoms with Gasteiger partial charge in [0, 0.05) is 0 Å². The van der Waals surface area contributed by atoms with Gasteiger partial charge in [-0.15, -0.1) is 5.10 Å². The molecule has 72 valence electrons. The zero-order valence-corrected chi connectivity index (χ0v) is 7.40. The lowest BCUT2D eigenvalue weighted by molar-refractivity contribution is 0.0700. The summed E-state index contributed by atoms with van der Waals surface area (Å²) < 4.78 is 0. The molecule has 0 saturated heterocycles. The van der Waals surface area contributed by atoms with Gasteiger partial charge in [-0.2, -0.15) is 0 Å². The maximum atomic E-state index is 10.9. The number of carboxylic acid groups (broad SMARTS) is 1. The number of carboxylic acids is 1. The van der Waals surface area contributed by atoms with E-state index >= 15 is 0 Å². The third-order valence-corrected chi connectivity index (χ3v) is 2.09. The monoisotopic (exact) mass is 192 g/mol. The van der Waals surface area contributed by atoms with Crippen molar-refractivity contribution < 1.29 is 9.90 Å². The number of benzene rings is 1. The zero-order valence-electron chi connectivity index (χ0n) is 7.40. The molecule has 14 heavy (non-hydrogen) atoms. The summed E-state index contributed by atoms with van der Waals surface area (Å²) in [6.07, 6.45) is 0. The van der Waals surface area contributed by atoms with Crippen LogP contribution in [0.15, 0.2) is 6.07 Å². The van der Waals surface area contributed by atoms with E-state index in [2.05, 4.69) is 15.4 Å². The van der Waals surface area contributed by atoms with Crippen molar-refractivity contribution in [3.05, 3.63) is 17.2 Å². The van der Waals surface area contributed by atoms with Crippen molar-refractivity contribution in [2.24, 2.45) is 0 Å². The molecule has 6 heteroatoms. The van der Waals surface area contributed by atoms with Gasteiger partial charge < -0.3 is 10.8 Å². The molecule has 0 fully saturated rings. The number of nitrogen functional groups attached to an aromatic ring is 1. The van der Waals surface area contributed by atoms with Gasteiger partial charge in [-0.05, 0) is 18.6 Å². The quantitative estimate of drug-likeness (QED) is 0.572. The van der Waals surface area contributed by atoms with Gasteiger partial charge >= 0.3 is 5.97 Å². The molecule has 2 rings (SSSR count). The van der Waals surface area contributed by atoms with Crippen LogP contribution in [0.25, 0.3) is 11.0 Å². The lowest BCUT2D eigenvalue weighted by Gasteiger charge is -2.04. The van der Waals surface area contributed by atoms with E-state index in [9.17, 15) is 4.79 Å². The van der Waals surface area contributed by atoms with Gasteiger partial charge in [-0.3, -0.25) is 5.10 Å². The van der Waals surface area contributed by atoms with Crippen LogP contribution in [0.4, 0.5) is 5.69 Å². The van der Waals surface area contributed by atoms with Crippen molar-refractivity contribution in [2.45, 2.75) is 6.92 Å². The van der Waals surface area contributed by atoms with Gasteiger partial charge in [0.05, 0.1) is 5.69 Å². The van der Waals surface area contributed by atoms with Crippen molar-refractivity contribution in [3.63, 3.8) is 0 Å². The first-order chi connectivity index (χ1) is 6.61.